The number of likely N-dealkylation sites (N-methyl/N-ethyl adjacent to an activating group) is 2. The van der Waals surface area contributed by atoms with Crippen LogP contribution in [-0.2, 0) is 14.8 Å². The summed E-state index contributed by atoms with van der Waals surface area (Å²) in [4.78, 5) is 16.5. The number of carbonyl (C=O) groups is 1. The van der Waals surface area contributed by atoms with Crippen LogP contribution in [-0.4, -0.2) is 73.7 Å². The van der Waals surface area contributed by atoms with E-state index in [4.69, 9.17) is 0 Å². The SMILES string of the molecule is CCN1CCN(S(=O)(=O)c2cccc(F)c2)C(C(=O)N(CC)CC)C1. The Bertz CT molecular complexity index is 707. The minimum atomic E-state index is -3.94. The molecule has 0 N–H and O–H groups in total. The van der Waals surface area contributed by atoms with E-state index in [2.05, 4.69) is 4.90 Å². The number of rotatable bonds is 6. The molecule has 1 aliphatic rings. The standard InChI is InChI=1S/C17H26FN3O3S/c1-4-19-10-11-21(16(13-19)17(22)20(5-2)6-3)25(23,24)15-9-7-8-14(18)12-15/h7-9,12,16H,4-6,10-11,13H2,1-3H3. The van der Waals surface area contributed by atoms with Crippen LogP contribution in [0.25, 0.3) is 0 Å². The first-order valence-corrected chi connectivity index (χ1v) is 10.1. The Kier molecular flexibility index (Phi) is 6.53. The average molecular weight is 371 g/mol. The van der Waals surface area contributed by atoms with Crippen molar-refractivity contribution < 1.29 is 17.6 Å². The maximum absolute atomic E-state index is 13.5. The van der Waals surface area contributed by atoms with Crippen LogP contribution in [0.15, 0.2) is 29.2 Å². The van der Waals surface area contributed by atoms with Crippen molar-refractivity contribution in [3.63, 3.8) is 0 Å². The molecule has 1 aromatic carbocycles. The van der Waals surface area contributed by atoms with Gasteiger partial charge in [-0.25, -0.2) is 12.8 Å². The summed E-state index contributed by atoms with van der Waals surface area (Å²) in [5.74, 6) is -0.817. The van der Waals surface area contributed by atoms with Gasteiger partial charge in [0.05, 0.1) is 4.90 Å². The quantitative estimate of drug-likeness (QED) is 0.758. The van der Waals surface area contributed by atoms with Crippen LogP contribution < -0.4 is 0 Å². The molecular formula is C17H26FN3O3S. The summed E-state index contributed by atoms with van der Waals surface area (Å²) in [6.45, 7) is 8.61. The van der Waals surface area contributed by atoms with Crippen LogP contribution >= 0.6 is 0 Å². The van der Waals surface area contributed by atoms with Crippen molar-refractivity contribution in [3.8, 4) is 0 Å². The van der Waals surface area contributed by atoms with Crippen molar-refractivity contribution >= 4 is 15.9 Å². The van der Waals surface area contributed by atoms with E-state index < -0.39 is 21.9 Å². The molecule has 6 nitrogen and oxygen atoms in total. The number of amides is 1. The molecule has 1 unspecified atom stereocenters. The molecule has 25 heavy (non-hydrogen) atoms. The number of nitrogens with zero attached hydrogens (tertiary/aromatic N) is 3. The monoisotopic (exact) mass is 371 g/mol. The summed E-state index contributed by atoms with van der Waals surface area (Å²) in [6, 6.07) is 4.14. The summed E-state index contributed by atoms with van der Waals surface area (Å²) >= 11 is 0. The zero-order valence-electron chi connectivity index (χ0n) is 15.0. The van der Waals surface area contributed by atoms with Crippen molar-refractivity contribution in [1.29, 1.82) is 0 Å². The molecule has 1 aliphatic heterocycles. The Balaban J connectivity index is 2.40. The molecule has 1 heterocycles. The highest BCUT2D eigenvalue weighted by atomic mass is 32.2. The first-order valence-electron chi connectivity index (χ1n) is 8.63. The Morgan fingerprint density at radius 2 is 1.92 bits per heavy atom. The van der Waals surface area contributed by atoms with E-state index in [0.29, 0.717) is 26.2 Å². The molecule has 140 valence electrons. The third-order valence-electron chi connectivity index (χ3n) is 4.63. The van der Waals surface area contributed by atoms with Crippen LogP contribution in [0.2, 0.25) is 0 Å². The molecule has 2 rings (SSSR count). The third-order valence-corrected chi connectivity index (χ3v) is 6.53. The molecule has 1 fully saturated rings. The van der Waals surface area contributed by atoms with E-state index in [1.54, 1.807) is 4.90 Å². The van der Waals surface area contributed by atoms with Gasteiger partial charge in [0.2, 0.25) is 15.9 Å². The molecule has 1 atom stereocenters. The molecule has 1 saturated heterocycles. The predicted molar refractivity (Wildman–Crippen MR) is 94.1 cm³/mol. The summed E-state index contributed by atoms with van der Waals surface area (Å²) in [5.41, 5.74) is 0. The number of benzene rings is 1. The van der Waals surface area contributed by atoms with Gasteiger partial charge in [0, 0.05) is 32.7 Å². The Labute approximate surface area is 149 Å². The number of sulfonamides is 1. The van der Waals surface area contributed by atoms with Crippen LogP contribution in [0.5, 0.6) is 0 Å². The predicted octanol–water partition coefficient (Wildman–Crippen LogP) is 1.39. The topological polar surface area (TPSA) is 60.9 Å². The van der Waals surface area contributed by atoms with Crippen molar-refractivity contribution in [2.75, 3.05) is 39.3 Å². The van der Waals surface area contributed by atoms with Gasteiger partial charge in [-0.1, -0.05) is 13.0 Å². The molecule has 1 aromatic rings. The molecule has 0 aromatic heterocycles. The van der Waals surface area contributed by atoms with E-state index in [9.17, 15) is 17.6 Å². The van der Waals surface area contributed by atoms with Gasteiger partial charge in [-0.15, -0.1) is 0 Å². The van der Waals surface area contributed by atoms with E-state index in [1.165, 1.54) is 22.5 Å². The minimum Gasteiger partial charge on any atom is -0.342 e. The van der Waals surface area contributed by atoms with Gasteiger partial charge in [-0.2, -0.15) is 4.31 Å². The van der Waals surface area contributed by atoms with Crippen LogP contribution in [0.3, 0.4) is 0 Å². The second kappa shape index (κ2) is 8.25. The normalized spacial score (nSPS) is 19.8. The highest BCUT2D eigenvalue weighted by Gasteiger charge is 2.41. The number of piperazine rings is 1. The van der Waals surface area contributed by atoms with Crippen molar-refractivity contribution in [2.24, 2.45) is 0 Å². The number of hydrogen-bond acceptors (Lipinski definition) is 4. The van der Waals surface area contributed by atoms with Gasteiger partial charge in [-0.3, -0.25) is 4.79 Å². The second-order valence-electron chi connectivity index (χ2n) is 5.99. The smallest absolute Gasteiger partial charge is 0.243 e. The average Bonchev–Trinajstić information content (AvgIpc) is 2.62. The lowest BCUT2D eigenvalue weighted by molar-refractivity contribution is -0.136. The first kappa shape index (κ1) is 19.8. The van der Waals surface area contributed by atoms with Crippen molar-refractivity contribution in [1.82, 2.24) is 14.1 Å². The van der Waals surface area contributed by atoms with Crippen LogP contribution in [0.4, 0.5) is 4.39 Å². The van der Waals surface area contributed by atoms with Crippen molar-refractivity contribution in [3.05, 3.63) is 30.1 Å². The molecular weight excluding hydrogens is 345 g/mol. The molecule has 0 aliphatic carbocycles. The highest BCUT2D eigenvalue weighted by molar-refractivity contribution is 7.89. The lowest BCUT2D eigenvalue weighted by atomic mass is 10.2. The lowest BCUT2D eigenvalue weighted by Gasteiger charge is -2.40. The van der Waals surface area contributed by atoms with Gasteiger partial charge in [0.15, 0.2) is 0 Å². The summed E-state index contributed by atoms with van der Waals surface area (Å²) in [7, 11) is -3.94. The zero-order valence-corrected chi connectivity index (χ0v) is 15.8. The van der Waals surface area contributed by atoms with Gasteiger partial charge < -0.3 is 9.80 Å². The summed E-state index contributed by atoms with van der Waals surface area (Å²) in [6.07, 6.45) is 0. The maximum Gasteiger partial charge on any atom is 0.243 e. The molecule has 0 bridgehead atoms. The zero-order chi connectivity index (χ0) is 18.6. The van der Waals surface area contributed by atoms with Crippen LogP contribution in [0, 0.1) is 5.82 Å². The minimum absolute atomic E-state index is 0.116. The molecule has 1 amide bonds. The lowest BCUT2D eigenvalue weighted by Crippen LogP contribution is -2.60. The number of hydrogen-bond donors (Lipinski definition) is 0. The summed E-state index contributed by atoms with van der Waals surface area (Å²) < 4.78 is 40.8. The fourth-order valence-corrected chi connectivity index (χ4v) is 4.70. The Morgan fingerprint density at radius 1 is 1.24 bits per heavy atom. The largest absolute Gasteiger partial charge is 0.342 e. The van der Waals surface area contributed by atoms with E-state index in [1.807, 2.05) is 20.8 Å². The first-order chi connectivity index (χ1) is 11.8. The molecule has 0 saturated carbocycles. The van der Waals surface area contributed by atoms with Gasteiger partial charge >= 0.3 is 0 Å². The maximum atomic E-state index is 13.5. The Hall–Kier alpha value is -1.51. The fourth-order valence-electron chi connectivity index (χ4n) is 3.11. The van der Waals surface area contributed by atoms with Crippen molar-refractivity contribution in [2.45, 2.75) is 31.7 Å². The van der Waals surface area contributed by atoms with Gasteiger partial charge in [0.25, 0.3) is 0 Å². The number of halogens is 1. The molecule has 8 heteroatoms. The number of carbonyl (C=O) groups excluding carboxylic acids is 1. The Morgan fingerprint density at radius 3 is 2.48 bits per heavy atom. The molecule has 0 radical (unpaired) electrons. The highest BCUT2D eigenvalue weighted by Crippen LogP contribution is 2.23. The third kappa shape index (κ3) is 4.19. The van der Waals surface area contributed by atoms with E-state index in [0.717, 1.165) is 12.6 Å². The molecule has 0 spiro atoms. The summed E-state index contributed by atoms with van der Waals surface area (Å²) in [5, 5.41) is 0. The van der Waals surface area contributed by atoms with Gasteiger partial charge in [-0.05, 0) is 38.6 Å². The van der Waals surface area contributed by atoms with E-state index >= 15 is 0 Å². The fraction of sp³-hybridized carbons (Fsp3) is 0.588. The van der Waals surface area contributed by atoms with Crippen LogP contribution in [0.1, 0.15) is 20.8 Å². The van der Waals surface area contributed by atoms with Gasteiger partial charge in [0.1, 0.15) is 11.9 Å². The second-order valence-corrected chi connectivity index (χ2v) is 7.88. The van der Waals surface area contributed by atoms with E-state index in [-0.39, 0.29) is 17.3 Å².